The molecule has 0 fully saturated rings. The van der Waals surface area contributed by atoms with E-state index in [1.807, 2.05) is 0 Å². The number of ether oxygens (including phenoxy) is 1. The van der Waals surface area contributed by atoms with E-state index in [1.54, 1.807) is 6.92 Å². The Balaban J connectivity index is 4.00. The van der Waals surface area contributed by atoms with Gasteiger partial charge < -0.3 is 4.74 Å². The van der Waals surface area contributed by atoms with Gasteiger partial charge in [-0.05, 0) is 26.2 Å². The first-order valence-corrected chi connectivity index (χ1v) is 9.97. The Morgan fingerprint density at radius 2 is 1.43 bits per heavy atom. The highest BCUT2D eigenvalue weighted by molar-refractivity contribution is 7.48. The van der Waals surface area contributed by atoms with Crippen LogP contribution >= 0.6 is 42.6 Å². The van der Waals surface area contributed by atoms with Crippen LogP contribution < -0.4 is 0 Å². The molecule has 0 N–H and O–H groups in total. The Labute approximate surface area is 142 Å². The number of hydrogen-bond donors (Lipinski definition) is 0. The maximum absolute atomic E-state index is 12.4. The molecule has 2 unspecified atom stereocenters. The van der Waals surface area contributed by atoms with Gasteiger partial charge in [0.2, 0.25) is 0 Å². The van der Waals surface area contributed by atoms with Gasteiger partial charge in [-0.25, -0.2) is 4.57 Å². The zero-order valence-electron chi connectivity index (χ0n) is 12.3. The predicted molar refractivity (Wildman–Crippen MR) is 86.9 cm³/mol. The average molecular weight is 386 g/mol. The molecule has 128 valence electrons. The number of halogens is 3. The largest absolute Gasteiger partial charge is 0.475 e. The summed E-state index contributed by atoms with van der Waals surface area (Å²) in [5.41, 5.74) is 0. The zero-order valence-corrected chi connectivity index (χ0v) is 15.4. The molecular weight excluding hydrogens is 361 g/mol. The van der Waals surface area contributed by atoms with Crippen LogP contribution in [-0.4, -0.2) is 50.2 Å². The molecule has 0 rings (SSSR count). The summed E-state index contributed by atoms with van der Waals surface area (Å²) in [4.78, 5) is 0. The lowest BCUT2D eigenvalue weighted by Gasteiger charge is -2.20. The van der Waals surface area contributed by atoms with Gasteiger partial charge in [0.25, 0.3) is 0 Å². The number of alkyl halides is 3. The Morgan fingerprint density at radius 1 is 0.905 bits per heavy atom. The first kappa shape index (κ1) is 21.9. The fourth-order valence-electron chi connectivity index (χ4n) is 1.17. The van der Waals surface area contributed by atoms with Gasteiger partial charge >= 0.3 is 7.82 Å². The molecule has 0 aromatic heterocycles. The van der Waals surface area contributed by atoms with E-state index in [0.717, 1.165) is 6.42 Å². The predicted octanol–water partition coefficient (Wildman–Crippen LogP) is 4.44. The van der Waals surface area contributed by atoms with E-state index in [1.165, 1.54) is 0 Å². The summed E-state index contributed by atoms with van der Waals surface area (Å²) in [5.74, 6) is 1.19. The van der Waals surface area contributed by atoms with E-state index in [0.29, 0.717) is 37.8 Å². The minimum absolute atomic E-state index is 0.202. The molecule has 0 aliphatic heterocycles. The van der Waals surface area contributed by atoms with Crippen molar-refractivity contribution in [3.8, 4) is 0 Å². The van der Waals surface area contributed by atoms with Crippen LogP contribution in [0.1, 0.15) is 26.2 Å². The van der Waals surface area contributed by atoms with Crippen LogP contribution in [0.15, 0.2) is 0 Å². The zero-order chi connectivity index (χ0) is 16.0. The van der Waals surface area contributed by atoms with Crippen LogP contribution in [0.5, 0.6) is 0 Å². The molecule has 0 saturated heterocycles. The van der Waals surface area contributed by atoms with E-state index in [2.05, 4.69) is 0 Å². The van der Waals surface area contributed by atoms with E-state index in [9.17, 15) is 4.57 Å². The second-order valence-electron chi connectivity index (χ2n) is 4.23. The number of phosphoric ester groups is 1. The van der Waals surface area contributed by atoms with Crippen molar-refractivity contribution in [2.45, 2.75) is 32.3 Å². The third-order valence-corrected chi connectivity index (χ3v) is 4.74. The van der Waals surface area contributed by atoms with Crippen LogP contribution in [0.4, 0.5) is 0 Å². The van der Waals surface area contributed by atoms with Crippen molar-refractivity contribution >= 4 is 42.6 Å². The van der Waals surface area contributed by atoms with E-state index >= 15 is 0 Å². The van der Waals surface area contributed by atoms with Crippen molar-refractivity contribution in [3.05, 3.63) is 0 Å². The van der Waals surface area contributed by atoms with Crippen molar-refractivity contribution in [2.75, 3.05) is 44.1 Å². The van der Waals surface area contributed by atoms with Crippen LogP contribution in [0, 0.1) is 0 Å². The van der Waals surface area contributed by atoms with Gasteiger partial charge in [0.05, 0.1) is 19.3 Å². The van der Waals surface area contributed by atoms with Gasteiger partial charge in [0.1, 0.15) is 0 Å². The molecule has 0 amide bonds. The molecule has 0 aliphatic rings. The van der Waals surface area contributed by atoms with Crippen molar-refractivity contribution in [1.82, 2.24) is 0 Å². The Bertz CT molecular complexity index is 284. The lowest BCUT2D eigenvalue weighted by molar-refractivity contribution is 0.0771. The molecule has 0 aromatic carbocycles. The minimum atomic E-state index is -3.60. The Hall–Kier alpha value is 0.940. The lowest BCUT2D eigenvalue weighted by Crippen LogP contribution is -2.12. The molecular formula is C12H24Cl3O5P. The monoisotopic (exact) mass is 384 g/mol. The minimum Gasteiger partial charge on any atom is -0.381 e. The Morgan fingerprint density at radius 3 is 2.00 bits per heavy atom. The molecule has 5 nitrogen and oxygen atoms in total. The van der Waals surface area contributed by atoms with Crippen LogP contribution in [0.2, 0.25) is 0 Å². The summed E-state index contributed by atoms with van der Waals surface area (Å²) in [5, 5.41) is 0. The standard InChI is InChI=1S/C12H24Cl3O5P/c1-12(11-15)20-21(16,18-9-3-6-14)19-10-4-8-17-7-2-5-13/h12H,2-11H2,1H3. The second kappa shape index (κ2) is 14.5. The summed E-state index contributed by atoms with van der Waals surface area (Å²) in [7, 11) is -3.60. The molecule has 9 heteroatoms. The quantitative estimate of drug-likeness (QED) is 0.237. The van der Waals surface area contributed by atoms with Gasteiger partial charge in [0.15, 0.2) is 0 Å². The molecule has 2 atom stereocenters. The molecule has 0 saturated carbocycles. The number of hydrogen-bond acceptors (Lipinski definition) is 5. The highest BCUT2D eigenvalue weighted by Gasteiger charge is 2.28. The topological polar surface area (TPSA) is 54.0 Å². The summed E-state index contributed by atoms with van der Waals surface area (Å²) in [6.07, 6.45) is 1.53. The van der Waals surface area contributed by atoms with Crippen molar-refractivity contribution in [1.29, 1.82) is 0 Å². The van der Waals surface area contributed by atoms with Gasteiger partial charge in [-0.15, -0.1) is 34.8 Å². The van der Waals surface area contributed by atoms with E-state index < -0.39 is 13.9 Å². The van der Waals surface area contributed by atoms with E-state index in [-0.39, 0.29) is 19.1 Å². The van der Waals surface area contributed by atoms with Gasteiger partial charge in [0, 0.05) is 30.9 Å². The summed E-state index contributed by atoms with van der Waals surface area (Å²) < 4.78 is 33.4. The van der Waals surface area contributed by atoms with Gasteiger partial charge in [-0.1, -0.05) is 0 Å². The fraction of sp³-hybridized carbons (Fsp3) is 1.00. The molecule has 0 spiro atoms. The lowest BCUT2D eigenvalue weighted by atomic mass is 10.5. The number of phosphoric acid groups is 1. The third-order valence-electron chi connectivity index (χ3n) is 2.16. The smallest absolute Gasteiger partial charge is 0.381 e. The van der Waals surface area contributed by atoms with Crippen molar-refractivity contribution < 1.29 is 22.9 Å². The van der Waals surface area contributed by atoms with Crippen LogP contribution in [0.25, 0.3) is 0 Å². The number of rotatable bonds is 15. The Kier molecular flexibility index (Phi) is 15.2. The molecule has 0 aromatic rings. The third kappa shape index (κ3) is 13.1. The highest BCUT2D eigenvalue weighted by Crippen LogP contribution is 2.50. The van der Waals surface area contributed by atoms with Crippen molar-refractivity contribution in [3.63, 3.8) is 0 Å². The molecule has 0 aliphatic carbocycles. The van der Waals surface area contributed by atoms with E-state index in [4.69, 9.17) is 53.1 Å². The van der Waals surface area contributed by atoms with Gasteiger partial charge in [-0.3, -0.25) is 13.6 Å². The SMILES string of the molecule is CC(CCl)OP(=O)(OCCCCl)OCCCOCCCCl. The molecule has 0 heterocycles. The first-order chi connectivity index (χ1) is 10.1. The normalized spacial score (nSPS) is 15.8. The summed E-state index contributed by atoms with van der Waals surface area (Å²) in [6.45, 7) is 3.23. The molecule has 21 heavy (non-hydrogen) atoms. The van der Waals surface area contributed by atoms with Crippen LogP contribution in [-0.2, 0) is 22.9 Å². The van der Waals surface area contributed by atoms with Gasteiger partial charge in [-0.2, -0.15) is 0 Å². The second-order valence-corrected chi connectivity index (χ2v) is 6.92. The molecule has 0 bridgehead atoms. The first-order valence-electron chi connectivity index (χ1n) is 6.91. The van der Waals surface area contributed by atoms with Crippen molar-refractivity contribution in [2.24, 2.45) is 0 Å². The highest BCUT2D eigenvalue weighted by atomic mass is 35.5. The fourth-order valence-corrected chi connectivity index (χ4v) is 2.96. The average Bonchev–Trinajstić information content (AvgIpc) is 2.46. The maximum Gasteiger partial charge on any atom is 0.475 e. The summed E-state index contributed by atoms with van der Waals surface area (Å²) >= 11 is 16.7. The maximum atomic E-state index is 12.4. The van der Waals surface area contributed by atoms with Crippen LogP contribution in [0.3, 0.4) is 0 Å². The summed E-state index contributed by atoms with van der Waals surface area (Å²) in [6, 6.07) is 0. The molecule has 0 radical (unpaired) electrons.